The topological polar surface area (TPSA) is 138 Å². The molecule has 2 aromatic heterocycles. The summed E-state index contributed by atoms with van der Waals surface area (Å²) in [5, 5.41) is 35.3. The first kappa shape index (κ1) is 23.0. The van der Waals surface area contributed by atoms with Crippen molar-refractivity contribution in [2.45, 2.75) is 26.9 Å². The first-order valence-electron chi connectivity index (χ1n) is 10.6. The second-order valence-corrected chi connectivity index (χ2v) is 7.74. The Morgan fingerprint density at radius 1 is 1.24 bits per heavy atom. The number of hydrogen-bond acceptors (Lipinski definition) is 7. The van der Waals surface area contributed by atoms with Crippen molar-refractivity contribution in [1.82, 2.24) is 19.3 Å². The maximum Gasteiger partial charge on any atom is 0.488 e. The van der Waals surface area contributed by atoms with Crippen LogP contribution in [0.15, 0.2) is 42.5 Å². The number of benzene rings is 2. The van der Waals surface area contributed by atoms with Crippen molar-refractivity contribution in [3.05, 3.63) is 65.0 Å². The molecule has 4 aromatic rings. The molecule has 0 fully saturated rings. The number of hydrogen-bond donors (Lipinski definition) is 3. The molecule has 0 bridgehead atoms. The van der Waals surface area contributed by atoms with Gasteiger partial charge in [0.05, 0.1) is 36.5 Å². The van der Waals surface area contributed by atoms with Crippen molar-refractivity contribution in [3.8, 4) is 11.8 Å². The minimum Gasteiger partial charge on any atom is -0.494 e. The highest BCUT2D eigenvalue weighted by Crippen LogP contribution is 2.31. The van der Waals surface area contributed by atoms with E-state index in [0.29, 0.717) is 46.6 Å². The minimum absolute atomic E-state index is 0.279. The molecule has 2 aromatic carbocycles. The van der Waals surface area contributed by atoms with E-state index in [4.69, 9.17) is 4.74 Å². The molecule has 0 saturated heterocycles. The first-order valence-corrected chi connectivity index (χ1v) is 10.6. The number of methoxy groups -OCH3 is 1. The van der Waals surface area contributed by atoms with E-state index in [1.54, 1.807) is 51.7 Å². The summed E-state index contributed by atoms with van der Waals surface area (Å²) in [5.41, 5.74) is 3.83. The van der Waals surface area contributed by atoms with Gasteiger partial charge in [0.2, 0.25) is 5.95 Å². The average Bonchev–Trinajstić information content (AvgIpc) is 3.38. The predicted octanol–water partition coefficient (Wildman–Crippen LogP) is 1.42. The van der Waals surface area contributed by atoms with Gasteiger partial charge in [0, 0.05) is 12.6 Å². The quantitative estimate of drug-likeness (QED) is 0.356. The van der Waals surface area contributed by atoms with Gasteiger partial charge in [-0.1, -0.05) is 24.3 Å². The Labute approximate surface area is 196 Å². The molecule has 0 aliphatic rings. The third-order valence-electron chi connectivity index (χ3n) is 5.43. The molecule has 2 heterocycles. The lowest BCUT2D eigenvalue weighted by Crippen LogP contribution is -2.29. The molecular formula is C23H23BN6O4. The third kappa shape index (κ3) is 4.37. The van der Waals surface area contributed by atoms with Gasteiger partial charge in [-0.05, 0) is 37.0 Å². The van der Waals surface area contributed by atoms with Crippen molar-refractivity contribution in [2.75, 3.05) is 12.4 Å². The van der Waals surface area contributed by atoms with E-state index in [9.17, 15) is 20.1 Å². The summed E-state index contributed by atoms with van der Waals surface area (Å²) < 4.78 is 8.94. The lowest BCUT2D eigenvalue weighted by molar-refractivity contribution is 0.101. The second kappa shape index (κ2) is 9.39. The number of imidazole rings is 1. The number of carbonyl (C=O) groups is 1. The number of aromatic nitrogens is 4. The Balaban J connectivity index is 1.81. The van der Waals surface area contributed by atoms with Gasteiger partial charge >= 0.3 is 7.12 Å². The molecule has 3 N–H and O–H groups in total. The van der Waals surface area contributed by atoms with Crippen LogP contribution >= 0.6 is 0 Å². The molecule has 0 saturated carbocycles. The fourth-order valence-electron chi connectivity index (χ4n) is 3.81. The standard InChI is InChI=1S/C23H23BN6O4/c1-4-30-19(9-14(2)28-30)22(31)27-23-26-18-10-16(12-25)11-20(34-3)21(18)29(23)13-15-5-7-17(8-6-15)24(32)33/h5-11,32-33H,4,13H2,1-3H3,(H,26,27,31). The van der Waals surface area contributed by atoms with Gasteiger partial charge in [0.1, 0.15) is 17.0 Å². The smallest absolute Gasteiger partial charge is 0.488 e. The van der Waals surface area contributed by atoms with Gasteiger partial charge in [-0.3, -0.25) is 14.8 Å². The van der Waals surface area contributed by atoms with Gasteiger partial charge in [-0.15, -0.1) is 0 Å². The van der Waals surface area contributed by atoms with Gasteiger partial charge in [-0.25, -0.2) is 4.98 Å². The molecule has 1 amide bonds. The zero-order valence-corrected chi connectivity index (χ0v) is 19.0. The molecule has 0 unspecified atom stereocenters. The van der Waals surface area contributed by atoms with Crippen molar-refractivity contribution >= 4 is 35.5 Å². The summed E-state index contributed by atoms with van der Waals surface area (Å²) in [7, 11) is -0.0553. The Morgan fingerprint density at radius 3 is 2.59 bits per heavy atom. The van der Waals surface area contributed by atoms with E-state index >= 15 is 0 Å². The highest BCUT2D eigenvalue weighted by molar-refractivity contribution is 6.58. The van der Waals surface area contributed by atoms with Crippen LogP contribution in [0.4, 0.5) is 5.95 Å². The van der Waals surface area contributed by atoms with Crippen LogP contribution in [0, 0.1) is 18.3 Å². The Hall–Kier alpha value is -4.14. The summed E-state index contributed by atoms with van der Waals surface area (Å²) in [6, 6.07) is 13.8. The lowest BCUT2D eigenvalue weighted by atomic mass is 9.80. The maximum absolute atomic E-state index is 13.1. The summed E-state index contributed by atoms with van der Waals surface area (Å²) in [5.74, 6) is 0.359. The highest BCUT2D eigenvalue weighted by atomic mass is 16.5. The van der Waals surface area contributed by atoms with Crippen LogP contribution in [0.2, 0.25) is 0 Å². The molecule has 0 radical (unpaired) electrons. The summed E-state index contributed by atoms with van der Waals surface area (Å²) in [6.45, 7) is 4.57. The van der Waals surface area contributed by atoms with Crippen LogP contribution in [0.25, 0.3) is 11.0 Å². The van der Waals surface area contributed by atoms with Crippen LogP contribution in [0.5, 0.6) is 5.75 Å². The van der Waals surface area contributed by atoms with E-state index in [0.717, 1.165) is 11.3 Å². The van der Waals surface area contributed by atoms with E-state index in [2.05, 4.69) is 21.5 Å². The maximum atomic E-state index is 13.1. The number of nitrogens with zero attached hydrogens (tertiary/aromatic N) is 5. The minimum atomic E-state index is -1.56. The molecule has 4 rings (SSSR count). The number of aryl methyl sites for hydroxylation is 2. The number of nitriles is 1. The van der Waals surface area contributed by atoms with E-state index in [-0.39, 0.29) is 11.9 Å². The zero-order chi connectivity index (χ0) is 24.4. The second-order valence-electron chi connectivity index (χ2n) is 7.74. The molecule has 0 spiro atoms. The van der Waals surface area contributed by atoms with E-state index < -0.39 is 7.12 Å². The number of nitrogens with one attached hydrogen (secondary N) is 1. The molecule has 10 nitrogen and oxygen atoms in total. The van der Waals surface area contributed by atoms with Crippen molar-refractivity contribution in [1.29, 1.82) is 5.26 Å². The fraction of sp³-hybridized carbons (Fsp3) is 0.217. The lowest BCUT2D eigenvalue weighted by Gasteiger charge is -2.13. The normalized spacial score (nSPS) is 10.8. The van der Waals surface area contributed by atoms with Crippen molar-refractivity contribution in [3.63, 3.8) is 0 Å². The van der Waals surface area contributed by atoms with Crippen LogP contribution in [-0.2, 0) is 13.1 Å². The fourth-order valence-corrected chi connectivity index (χ4v) is 3.81. The Morgan fingerprint density at radius 2 is 1.97 bits per heavy atom. The van der Waals surface area contributed by atoms with Gasteiger partial charge in [-0.2, -0.15) is 10.4 Å². The van der Waals surface area contributed by atoms with Gasteiger partial charge in [0.15, 0.2) is 0 Å². The van der Waals surface area contributed by atoms with Gasteiger partial charge < -0.3 is 19.4 Å². The first-order chi connectivity index (χ1) is 16.3. The summed E-state index contributed by atoms with van der Waals surface area (Å²) >= 11 is 0. The SMILES string of the molecule is CCn1nc(C)cc1C(=O)Nc1nc2cc(C#N)cc(OC)c2n1Cc1ccc(B(O)O)cc1. The Kier molecular flexibility index (Phi) is 6.36. The molecular weight excluding hydrogens is 435 g/mol. The molecule has 11 heteroatoms. The molecule has 172 valence electrons. The number of carbonyl (C=O) groups excluding carboxylic acids is 1. The number of ether oxygens (including phenoxy) is 1. The third-order valence-corrected chi connectivity index (χ3v) is 5.43. The van der Waals surface area contributed by atoms with Crippen molar-refractivity contribution < 1.29 is 19.6 Å². The van der Waals surface area contributed by atoms with Crippen LogP contribution < -0.4 is 15.5 Å². The molecule has 0 aliphatic carbocycles. The van der Waals surface area contributed by atoms with Gasteiger partial charge in [0.25, 0.3) is 5.91 Å². The number of rotatable bonds is 7. The number of amides is 1. The molecule has 0 aliphatic heterocycles. The number of anilines is 1. The highest BCUT2D eigenvalue weighted by Gasteiger charge is 2.21. The number of fused-ring (bicyclic) bond motifs is 1. The average molecular weight is 458 g/mol. The zero-order valence-electron chi connectivity index (χ0n) is 19.0. The Bertz CT molecular complexity index is 1400. The molecule has 34 heavy (non-hydrogen) atoms. The van der Waals surface area contributed by atoms with Crippen molar-refractivity contribution in [2.24, 2.45) is 0 Å². The van der Waals surface area contributed by atoms with E-state index in [1.165, 1.54) is 7.11 Å². The van der Waals surface area contributed by atoms with Crippen LogP contribution in [0.1, 0.15) is 34.2 Å². The molecule has 0 atom stereocenters. The van der Waals surface area contributed by atoms with Crippen LogP contribution in [-0.4, -0.2) is 49.5 Å². The summed E-state index contributed by atoms with van der Waals surface area (Å²) in [6.07, 6.45) is 0. The van der Waals surface area contributed by atoms with E-state index in [1.807, 2.05) is 13.8 Å². The summed E-state index contributed by atoms with van der Waals surface area (Å²) in [4.78, 5) is 17.7. The predicted molar refractivity (Wildman–Crippen MR) is 127 cm³/mol. The largest absolute Gasteiger partial charge is 0.494 e. The van der Waals surface area contributed by atoms with Crippen LogP contribution in [0.3, 0.4) is 0 Å². The monoisotopic (exact) mass is 458 g/mol.